The number of benzene rings is 2. The Morgan fingerprint density at radius 3 is 1.97 bits per heavy atom. The zero-order valence-electron chi connectivity index (χ0n) is 21.8. The van der Waals surface area contributed by atoms with E-state index in [0.717, 1.165) is 56.8 Å². The van der Waals surface area contributed by atoms with Gasteiger partial charge in [-0.2, -0.15) is 9.97 Å². The molecule has 1 aromatic heterocycles. The fourth-order valence-electron chi connectivity index (χ4n) is 5.03. The summed E-state index contributed by atoms with van der Waals surface area (Å²) in [6.45, 7) is 10.2. The van der Waals surface area contributed by atoms with Crippen LogP contribution in [0.3, 0.4) is 0 Å². The van der Waals surface area contributed by atoms with Gasteiger partial charge in [-0.3, -0.25) is 0 Å². The van der Waals surface area contributed by atoms with Crippen LogP contribution in [0.15, 0.2) is 66.7 Å². The number of hydrogen-bond acceptors (Lipinski definition) is 6. The third-order valence-electron chi connectivity index (χ3n) is 7.40. The molecule has 0 bridgehead atoms. The van der Waals surface area contributed by atoms with Crippen LogP contribution in [0.4, 0.5) is 23.3 Å². The average molecular weight is 516 g/mol. The van der Waals surface area contributed by atoms with Crippen LogP contribution in [0, 0.1) is 5.92 Å². The van der Waals surface area contributed by atoms with Crippen molar-refractivity contribution < 1.29 is 0 Å². The topological polar surface area (TPSA) is 59.6 Å². The van der Waals surface area contributed by atoms with Crippen molar-refractivity contribution in [2.45, 2.75) is 32.7 Å². The molecule has 0 radical (unpaired) electrons. The Balaban J connectivity index is 1.31. The van der Waals surface area contributed by atoms with Crippen molar-refractivity contribution in [3.8, 4) is 0 Å². The second-order valence-corrected chi connectivity index (χ2v) is 10.5. The molecule has 37 heavy (non-hydrogen) atoms. The Labute approximate surface area is 225 Å². The molecule has 0 saturated carbocycles. The molecule has 2 saturated heterocycles. The number of piperidine rings is 1. The molecule has 3 heterocycles. The predicted molar refractivity (Wildman–Crippen MR) is 158 cm³/mol. The maximum atomic E-state index is 5.66. The van der Waals surface area contributed by atoms with Crippen LogP contribution < -0.4 is 25.3 Å². The smallest absolute Gasteiger partial charge is 0.232 e. The van der Waals surface area contributed by atoms with E-state index in [1.807, 2.05) is 18.2 Å². The van der Waals surface area contributed by atoms with Gasteiger partial charge in [0.1, 0.15) is 11.6 Å². The molecule has 2 aromatic carbocycles. The van der Waals surface area contributed by atoms with Crippen LogP contribution in [-0.2, 0) is 0 Å². The minimum atomic E-state index is 0.0819. The van der Waals surface area contributed by atoms with Crippen LogP contribution in [0.1, 0.15) is 38.3 Å². The lowest BCUT2D eigenvalue weighted by Gasteiger charge is -2.37. The van der Waals surface area contributed by atoms with Crippen LogP contribution in [0.25, 0.3) is 0 Å². The highest BCUT2D eigenvalue weighted by atomic mass is 32.1. The van der Waals surface area contributed by atoms with Gasteiger partial charge in [-0.05, 0) is 55.6 Å². The highest BCUT2D eigenvalue weighted by Crippen LogP contribution is 2.27. The van der Waals surface area contributed by atoms with Gasteiger partial charge in [0.2, 0.25) is 5.95 Å². The van der Waals surface area contributed by atoms with E-state index in [0.29, 0.717) is 11.1 Å². The lowest BCUT2D eigenvalue weighted by atomic mass is 9.99. The first-order valence-corrected chi connectivity index (χ1v) is 13.8. The van der Waals surface area contributed by atoms with E-state index >= 15 is 0 Å². The zero-order chi connectivity index (χ0) is 25.6. The molecule has 3 aromatic rings. The zero-order valence-corrected chi connectivity index (χ0v) is 22.6. The molecule has 7 nitrogen and oxygen atoms in total. The Kier molecular flexibility index (Phi) is 8.04. The van der Waals surface area contributed by atoms with Crippen LogP contribution >= 0.6 is 12.2 Å². The number of para-hydroxylation sites is 1. The summed E-state index contributed by atoms with van der Waals surface area (Å²) < 4.78 is 0. The van der Waals surface area contributed by atoms with Gasteiger partial charge in [-0.1, -0.05) is 55.5 Å². The number of nitrogens with one attached hydrogen (secondary N) is 2. The molecule has 8 heteroatoms. The third-order valence-corrected chi connectivity index (χ3v) is 7.62. The van der Waals surface area contributed by atoms with E-state index < -0.39 is 0 Å². The lowest BCUT2D eigenvalue weighted by molar-refractivity contribution is 0.436. The first-order chi connectivity index (χ1) is 18.0. The van der Waals surface area contributed by atoms with Crippen molar-refractivity contribution >= 4 is 40.6 Å². The summed E-state index contributed by atoms with van der Waals surface area (Å²) in [4.78, 5) is 17.0. The van der Waals surface area contributed by atoms with Gasteiger partial charge in [0, 0.05) is 51.0 Å². The first-order valence-electron chi connectivity index (χ1n) is 13.4. The quantitative estimate of drug-likeness (QED) is 0.441. The van der Waals surface area contributed by atoms with Crippen molar-refractivity contribution in [3.05, 3.63) is 72.3 Å². The number of nitrogens with zero attached hydrogens (tertiary/aromatic N) is 5. The molecule has 0 unspecified atom stereocenters. The van der Waals surface area contributed by atoms with E-state index in [2.05, 4.69) is 87.7 Å². The molecule has 0 spiro atoms. The summed E-state index contributed by atoms with van der Waals surface area (Å²) >= 11 is 5.66. The number of anilines is 4. The first kappa shape index (κ1) is 25.3. The predicted octanol–water partition coefficient (Wildman–Crippen LogP) is 5.09. The second kappa shape index (κ2) is 11.8. The monoisotopic (exact) mass is 515 g/mol. The van der Waals surface area contributed by atoms with E-state index in [1.165, 1.54) is 24.1 Å². The highest BCUT2D eigenvalue weighted by Gasteiger charge is 2.23. The van der Waals surface area contributed by atoms with Gasteiger partial charge in [0.05, 0.1) is 6.04 Å². The fourth-order valence-corrected chi connectivity index (χ4v) is 5.30. The molecular formula is C29H37N7S. The minimum absolute atomic E-state index is 0.0819. The van der Waals surface area contributed by atoms with E-state index in [4.69, 9.17) is 22.2 Å². The lowest BCUT2D eigenvalue weighted by Crippen LogP contribution is -2.47. The van der Waals surface area contributed by atoms with Crippen molar-refractivity contribution in [2.75, 3.05) is 59.3 Å². The van der Waals surface area contributed by atoms with Crippen molar-refractivity contribution in [2.24, 2.45) is 5.92 Å². The summed E-state index contributed by atoms with van der Waals surface area (Å²) in [5.74, 6) is 3.24. The second-order valence-electron chi connectivity index (χ2n) is 10.1. The van der Waals surface area contributed by atoms with Gasteiger partial charge in [0.15, 0.2) is 5.11 Å². The van der Waals surface area contributed by atoms with Crippen LogP contribution in [0.5, 0.6) is 0 Å². The molecule has 2 N–H and O–H groups in total. The molecule has 2 aliphatic heterocycles. The molecular weight excluding hydrogens is 478 g/mol. The maximum Gasteiger partial charge on any atom is 0.232 e. The van der Waals surface area contributed by atoms with Gasteiger partial charge >= 0.3 is 0 Å². The van der Waals surface area contributed by atoms with Crippen molar-refractivity contribution in [1.29, 1.82) is 0 Å². The standard InChI is InChI=1S/C29H37N7S/c1-22-13-15-35(16-14-22)26-21-27(36-19-17-34(18-20-36)25-11-7-4-8-12-25)32-28(31-26)33-29(37)30-23(2)24-9-5-3-6-10-24/h3-12,21-23H,13-20H2,1-2H3,(H2,30,31,32,33,37)/t23-/m1/s1. The molecule has 0 aliphatic carbocycles. The molecule has 2 aliphatic rings. The number of piperazine rings is 1. The maximum absolute atomic E-state index is 5.66. The fraction of sp³-hybridized carbons (Fsp3) is 0.414. The summed E-state index contributed by atoms with van der Waals surface area (Å²) in [7, 11) is 0. The Hall–Kier alpha value is -3.39. The van der Waals surface area contributed by atoms with Gasteiger partial charge < -0.3 is 25.3 Å². The Morgan fingerprint density at radius 2 is 1.35 bits per heavy atom. The molecule has 194 valence electrons. The third kappa shape index (κ3) is 6.49. The van der Waals surface area contributed by atoms with Crippen molar-refractivity contribution in [3.63, 3.8) is 0 Å². The summed E-state index contributed by atoms with van der Waals surface area (Å²) in [6, 6.07) is 23.2. The van der Waals surface area contributed by atoms with E-state index in [9.17, 15) is 0 Å². The molecule has 5 rings (SSSR count). The minimum Gasteiger partial charge on any atom is -0.368 e. The largest absolute Gasteiger partial charge is 0.368 e. The van der Waals surface area contributed by atoms with Crippen LogP contribution in [-0.4, -0.2) is 54.3 Å². The summed E-state index contributed by atoms with van der Waals surface area (Å²) in [5, 5.41) is 7.19. The van der Waals surface area contributed by atoms with Gasteiger partial charge in [-0.15, -0.1) is 0 Å². The Morgan fingerprint density at radius 1 is 0.811 bits per heavy atom. The summed E-state index contributed by atoms with van der Waals surface area (Å²) in [5.41, 5.74) is 2.46. The number of rotatable bonds is 6. The SMILES string of the molecule is CC1CCN(c2cc(N3CCN(c4ccccc4)CC3)nc(NC(=S)N[C@H](C)c3ccccc3)n2)CC1. The molecule has 1 atom stereocenters. The number of aromatic nitrogens is 2. The number of thiocarbonyl (C=S) groups is 1. The highest BCUT2D eigenvalue weighted by molar-refractivity contribution is 7.80. The number of hydrogen-bond donors (Lipinski definition) is 2. The van der Waals surface area contributed by atoms with Gasteiger partial charge in [0.25, 0.3) is 0 Å². The summed E-state index contributed by atoms with van der Waals surface area (Å²) in [6.07, 6.45) is 2.37. The Bertz CT molecular complexity index is 1160. The van der Waals surface area contributed by atoms with Crippen LogP contribution in [0.2, 0.25) is 0 Å². The van der Waals surface area contributed by atoms with Crippen molar-refractivity contribution in [1.82, 2.24) is 15.3 Å². The average Bonchev–Trinajstić information content (AvgIpc) is 2.94. The van der Waals surface area contributed by atoms with E-state index in [1.54, 1.807) is 0 Å². The van der Waals surface area contributed by atoms with E-state index in [-0.39, 0.29) is 6.04 Å². The van der Waals surface area contributed by atoms with Gasteiger partial charge in [-0.25, -0.2) is 0 Å². The normalized spacial score (nSPS) is 17.4. The molecule has 0 amide bonds. The molecule has 2 fully saturated rings.